The van der Waals surface area contributed by atoms with Crippen LogP contribution < -0.4 is 14.3 Å². The second-order valence-electron chi connectivity index (χ2n) is 12.2. The molecule has 0 aliphatic rings. The number of amides is 1. The Balaban J connectivity index is 1.73. The van der Waals surface area contributed by atoms with E-state index in [1.165, 1.54) is 43.7 Å². The summed E-state index contributed by atoms with van der Waals surface area (Å²) in [6, 6.07) is 11.3. The van der Waals surface area contributed by atoms with E-state index in [0.717, 1.165) is 22.8 Å². The van der Waals surface area contributed by atoms with Crippen LogP contribution in [0.2, 0.25) is 0 Å². The lowest BCUT2D eigenvalue weighted by atomic mass is 9.78. The summed E-state index contributed by atoms with van der Waals surface area (Å²) in [7, 11) is -3.12. The smallest absolute Gasteiger partial charge is 0.339 e. The Bertz CT molecular complexity index is 1670. The molecule has 0 bridgehead atoms. The van der Waals surface area contributed by atoms with Crippen molar-refractivity contribution in [3.63, 3.8) is 0 Å². The number of carbonyl (C=O) groups excluding carboxylic acids is 1. The molecule has 1 amide bonds. The van der Waals surface area contributed by atoms with Gasteiger partial charge in [0.1, 0.15) is 10.6 Å². The number of nitrogens with one attached hydrogen (secondary N) is 1. The van der Waals surface area contributed by atoms with Crippen LogP contribution in [0.3, 0.4) is 0 Å². The summed E-state index contributed by atoms with van der Waals surface area (Å²) in [5.74, 6) is -0.170. The molecule has 0 heterocycles. The Morgan fingerprint density at radius 1 is 1.07 bits per heavy atom. The number of nitro groups is 1. The number of benzene rings is 3. The van der Waals surface area contributed by atoms with Crippen LogP contribution >= 0.6 is 15.9 Å². The molecule has 0 saturated heterocycles. The summed E-state index contributed by atoms with van der Waals surface area (Å²) in [5, 5.41) is 26.0. The number of nitro benzene ring substituents is 1. The molecule has 3 aromatic carbocycles. The highest BCUT2D eigenvalue weighted by atomic mass is 79.9. The molecule has 0 unspecified atom stereocenters. The number of aryl methyl sites for hydroxylation is 1. The van der Waals surface area contributed by atoms with E-state index in [0.29, 0.717) is 12.0 Å². The van der Waals surface area contributed by atoms with Crippen LogP contribution in [0.4, 0.5) is 5.69 Å². The van der Waals surface area contributed by atoms with E-state index in [4.69, 9.17) is 8.92 Å². The van der Waals surface area contributed by atoms with Gasteiger partial charge >= 0.3 is 10.1 Å². The highest BCUT2D eigenvalue weighted by Crippen LogP contribution is 2.40. The Morgan fingerprint density at radius 2 is 1.68 bits per heavy atom. The maximum absolute atomic E-state index is 12.8. The number of hydrogen-bond acceptors (Lipinski definition) is 9. The average Bonchev–Trinajstić information content (AvgIpc) is 2.92. The Labute approximate surface area is 265 Å². The maximum Gasteiger partial charge on any atom is 0.339 e. The molecule has 44 heavy (non-hydrogen) atoms. The number of nitrogens with zero attached hydrogens (tertiary/aromatic N) is 2. The standard InChI is InChI=1S/C31H36BrN3O8S/c1-30(2,3)23-13-19(14-24(28(23)37)31(4,5)6)11-12-27(36)34-33-18-20-15-25(32)29(26(16-20)42-7)43-44(40,41)22-10-8-9-21(17-22)35(38)39/h8-10,13-18,37H,11-12H2,1-7H3,(H,34,36)/b33-18-. The van der Waals surface area contributed by atoms with Crippen molar-refractivity contribution in [2.45, 2.75) is 70.1 Å². The molecule has 0 aliphatic heterocycles. The van der Waals surface area contributed by atoms with E-state index < -0.39 is 25.6 Å². The van der Waals surface area contributed by atoms with Gasteiger partial charge in [0.05, 0.1) is 22.7 Å². The molecule has 0 aromatic heterocycles. The molecule has 3 aromatic rings. The highest BCUT2D eigenvalue weighted by Gasteiger charge is 2.27. The van der Waals surface area contributed by atoms with E-state index in [2.05, 4.69) is 26.5 Å². The average molecular weight is 691 g/mol. The molecule has 3 rings (SSSR count). The lowest BCUT2D eigenvalue weighted by Crippen LogP contribution is -2.20. The van der Waals surface area contributed by atoms with Crippen molar-refractivity contribution in [2.75, 3.05) is 7.11 Å². The Morgan fingerprint density at radius 3 is 2.23 bits per heavy atom. The predicted octanol–water partition coefficient (Wildman–Crippen LogP) is 6.52. The van der Waals surface area contributed by atoms with Crippen LogP contribution in [0, 0.1) is 10.1 Å². The monoisotopic (exact) mass is 689 g/mol. The molecule has 0 radical (unpaired) electrons. The van der Waals surface area contributed by atoms with Gasteiger partial charge in [-0.15, -0.1) is 0 Å². The summed E-state index contributed by atoms with van der Waals surface area (Å²) >= 11 is 3.27. The third-order valence-electron chi connectivity index (χ3n) is 6.59. The second kappa shape index (κ2) is 13.3. The van der Waals surface area contributed by atoms with Gasteiger partial charge in [0, 0.05) is 18.6 Å². The zero-order valence-electron chi connectivity index (χ0n) is 25.6. The first-order valence-electron chi connectivity index (χ1n) is 13.6. The summed E-state index contributed by atoms with van der Waals surface area (Å²) in [6.07, 6.45) is 1.96. The molecule has 13 heteroatoms. The number of hydrazone groups is 1. The van der Waals surface area contributed by atoms with Crippen molar-refractivity contribution < 1.29 is 32.2 Å². The minimum absolute atomic E-state index is 0.0396. The zero-order valence-corrected chi connectivity index (χ0v) is 28.0. The molecule has 0 saturated carbocycles. The Hall–Kier alpha value is -3.97. The van der Waals surface area contributed by atoms with Crippen LogP contribution in [-0.2, 0) is 32.2 Å². The van der Waals surface area contributed by atoms with Gasteiger partial charge in [-0.2, -0.15) is 13.5 Å². The SMILES string of the molecule is COc1cc(/C=N\NC(=O)CCc2cc(C(C)(C)C)c(O)c(C(C)(C)C)c2)cc(Br)c1OS(=O)(=O)c1cccc([N+](=O)[O-])c1. The third kappa shape index (κ3) is 8.56. The first kappa shape index (κ1) is 34.5. The fourth-order valence-corrected chi connectivity index (χ4v) is 5.93. The molecular weight excluding hydrogens is 654 g/mol. The number of non-ortho nitro benzene ring substituents is 1. The van der Waals surface area contributed by atoms with E-state index in [9.17, 15) is 28.4 Å². The normalized spacial score (nSPS) is 12.3. The van der Waals surface area contributed by atoms with Gasteiger partial charge in [-0.3, -0.25) is 14.9 Å². The van der Waals surface area contributed by atoms with Crippen molar-refractivity contribution in [1.82, 2.24) is 5.43 Å². The number of halogens is 1. The number of hydrogen-bond donors (Lipinski definition) is 2. The number of ether oxygens (including phenoxy) is 1. The quantitative estimate of drug-likeness (QED) is 0.105. The van der Waals surface area contributed by atoms with Crippen LogP contribution in [0.5, 0.6) is 17.2 Å². The largest absolute Gasteiger partial charge is 0.507 e. The molecule has 0 fully saturated rings. The van der Waals surface area contributed by atoms with Gasteiger partial charge in [0.2, 0.25) is 5.91 Å². The fourth-order valence-electron chi connectivity index (χ4n) is 4.28. The number of phenolic OH excluding ortho intramolecular Hbond substituents is 1. The van der Waals surface area contributed by atoms with Crippen LogP contribution in [0.15, 0.2) is 63.0 Å². The van der Waals surface area contributed by atoms with E-state index in [-0.39, 0.29) is 44.9 Å². The zero-order chi connectivity index (χ0) is 33.0. The third-order valence-corrected chi connectivity index (χ3v) is 8.40. The lowest BCUT2D eigenvalue weighted by molar-refractivity contribution is -0.385. The maximum atomic E-state index is 12.8. The highest BCUT2D eigenvalue weighted by molar-refractivity contribution is 9.10. The molecule has 11 nitrogen and oxygen atoms in total. The molecule has 236 valence electrons. The summed E-state index contributed by atoms with van der Waals surface area (Å²) < 4.78 is 36.4. The van der Waals surface area contributed by atoms with Crippen LogP contribution in [0.1, 0.15) is 70.2 Å². The molecular formula is C31H36BrN3O8S. The Kier molecular flexibility index (Phi) is 10.5. The minimum atomic E-state index is -4.44. The second-order valence-corrected chi connectivity index (χ2v) is 14.6. The van der Waals surface area contributed by atoms with Crippen molar-refractivity contribution >= 4 is 43.9 Å². The van der Waals surface area contributed by atoms with Crippen molar-refractivity contribution in [3.05, 3.63) is 85.4 Å². The molecule has 2 N–H and O–H groups in total. The number of methoxy groups -OCH3 is 1. The van der Waals surface area contributed by atoms with Gasteiger partial charge in [-0.05, 0) is 73.6 Å². The molecule has 0 atom stereocenters. The van der Waals surface area contributed by atoms with E-state index in [1.807, 2.05) is 53.7 Å². The topological polar surface area (TPSA) is 157 Å². The van der Waals surface area contributed by atoms with Gasteiger partial charge in [0.25, 0.3) is 5.69 Å². The molecule has 0 spiro atoms. The summed E-state index contributed by atoms with van der Waals surface area (Å²) in [5.41, 5.74) is 4.56. The number of carbonyl (C=O) groups is 1. The van der Waals surface area contributed by atoms with Gasteiger partial charge in [-0.25, -0.2) is 5.43 Å². The van der Waals surface area contributed by atoms with Gasteiger partial charge in [0.15, 0.2) is 11.5 Å². The minimum Gasteiger partial charge on any atom is -0.507 e. The number of rotatable bonds is 10. The van der Waals surface area contributed by atoms with Crippen molar-refractivity contribution in [2.24, 2.45) is 5.10 Å². The van der Waals surface area contributed by atoms with Crippen molar-refractivity contribution in [3.8, 4) is 17.2 Å². The summed E-state index contributed by atoms with van der Waals surface area (Å²) in [4.78, 5) is 22.6. The summed E-state index contributed by atoms with van der Waals surface area (Å²) in [6.45, 7) is 12.2. The van der Waals surface area contributed by atoms with E-state index >= 15 is 0 Å². The van der Waals surface area contributed by atoms with Crippen LogP contribution in [-0.4, -0.2) is 37.7 Å². The predicted molar refractivity (Wildman–Crippen MR) is 171 cm³/mol. The number of aromatic hydroxyl groups is 1. The van der Waals surface area contributed by atoms with Crippen molar-refractivity contribution in [1.29, 1.82) is 0 Å². The van der Waals surface area contributed by atoms with Crippen LogP contribution in [0.25, 0.3) is 0 Å². The van der Waals surface area contributed by atoms with Gasteiger partial charge in [-0.1, -0.05) is 59.7 Å². The fraction of sp³-hybridized carbons (Fsp3) is 0.355. The molecule has 0 aliphatic carbocycles. The first-order valence-corrected chi connectivity index (χ1v) is 15.8. The van der Waals surface area contributed by atoms with Gasteiger partial charge < -0.3 is 14.0 Å². The number of phenols is 1. The lowest BCUT2D eigenvalue weighted by Gasteiger charge is -2.28. The first-order chi connectivity index (χ1) is 20.3. The van der Waals surface area contributed by atoms with E-state index in [1.54, 1.807) is 0 Å².